The number of nitrogens with zero attached hydrogens (tertiary/aromatic N) is 4. The Morgan fingerprint density at radius 2 is 1.86 bits per heavy atom. The first kappa shape index (κ1) is 18.0. The highest BCUT2D eigenvalue weighted by Gasteiger charge is 2.57. The Hall–Kier alpha value is -2.10. The van der Waals surface area contributed by atoms with Crippen molar-refractivity contribution in [1.29, 1.82) is 0 Å². The number of rotatable bonds is 4. The van der Waals surface area contributed by atoms with E-state index in [1.54, 1.807) is 16.6 Å². The third-order valence-corrected chi connectivity index (χ3v) is 4.98. The molecule has 0 saturated carbocycles. The van der Waals surface area contributed by atoms with Gasteiger partial charge in [0.15, 0.2) is 29.7 Å². The number of hydrogen-bond donors (Lipinski definition) is 0. The number of halogens is 1. The Morgan fingerprint density at radius 1 is 1.07 bits per heavy atom. The van der Waals surface area contributed by atoms with Gasteiger partial charge in [-0.25, -0.2) is 0 Å². The quantitative estimate of drug-likeness (QED) is 0.663. The minimum absolute atomic E-state index is 0.337. The molecule has 8 nitrogen and oxygen atoms in total. The minimum atomic E-state index is -0.753. The average Bonchev–Trinajstić information content (AvgIpc) is 3.31. The van der Waals surface area contributed by atoms with Crippen LogP contribution >= 0.6 is 11.6 Å². The Kier molecular flexibility index (Phi) is 4.33. The molecule has 2 fully saturated rings. The molecule has 5 rings (SSSR count). The van der Waals surface area contributed by atoms with Crippen molar-refractivity contribution in [3.63, 3.8) is 0 Å². The van der Waals surface area contributed by atoms with Crippen LogP contribution in [0.1, 0.15) is 31.3 Å². The van der Waals surface area contributed by atoms with Crippen LogP contribution in [0, 0.1) is 0 Å². The van der Waals surface area contributed by atoms with Crippen molar-refractivity contribution in [3.8, 4) is 0 Å². The van der Waals surface area contributed by atoms with E-state index in [1.165, 1.54) is 0 Å². The lowest BCUT2D eigenvalue weighted by atomic mass is 10.1. The van der Waals surface area contributed by atoms with Crippen molar-refractivity contribution >= 4 is 17.2 Å². The van der Waals surface area contributed by atoms with Crippen molar-refractivity contribution < 1.29 is 18.9 Å². The molecular weight excluding hydrogens is 384 g/mol. The second kappa shape index (κ2) is 6.75. The first-order valence-electron chi connectivity index (χ1n) is 9.05. The van der Waals surface area contributed by atoms with Crippen molar-refractivity contribution in [1.82, 2.24) is 19.8 Å². The average molecular weight is 403 g/mol. The van der Waals surface area contributed by atoms with Crippen molar-refractivity contribution in [2.45, 2.75) is 50.8 Å². The number of aromatic nitrogens is 4. The predicted octanol–water partition coefficient (Wildman–Crippen LogP) is 2.91. The normalized spacial score (nSPS) is 28.7. The Labute approximate surface area is 166 Å². The molecule has 2 aliphatic rings. The van der Waals surface area contributed by atoms with Crippen LogP contribution in [0.5, 0.6) is 0 Å². The summed E-state index contributed by atoms with van der Waals surface area (Å²) in [5.41, 5.74) is 1.62. The zero-order valence-corrected chi connectivity index (χ0v) is 16.1. The lowest BCUT2D eigenvalue weighted by molar-refractivity contribution is -0.238. The van der Waals surface area contributed by atoms with Gasteiger partial charge in [0.2, 0.25) is 0 Å². The van der Waals surface area contributed by atoms with E-state index in [0.29, 0.717) is 23.2 Å². The molecular formula is C19H19ClN4O4. The number of ether oxygens (including phenoxy) is 4. The molecule has 0 bridgehead atoms. The monoisotopic (exact) mass is 402 g/mol. The number of benzene rings is 1. The van der Waals surface area contributed by atoms with E-state index in [1.807, 2.05) is 44.2 Å². The van der Waals surface area contributed by atoms with Gasteiger partial charge in [-0.3, -0.25) is 0 Å². The van der Waals surface area contributed by atoms with E-state index in [0.717, 1.165) is 5.56 Å². The maximum absolute atomic E-state index is 6.16. The second-order valence-corrected chi connectivity index (χ2v) is 7.66. The highest BCUT2D eigenvalue weighted by molar-refractivity contribution is 6.29. The molecule has 2 saturated heterocycles. The summed E-state index contributed by atoms with van der Waals surface area (Å²) in [5, 5.41) is 13.0. The summed E-state index contributed by atoms with van der Waals surface area (Å²) in [7, 11) is 0. The van der Waals surface area contributed by atoms with Crippen LogP contribution < -0.4 is 0 Å². The van der Waals surface area contributed by atoms with Gasteiger partial charge in [-0.1, -0.05) is 41.9 Å². The van der Waals surface area contributed by atoms with Gasteiger partial charge < -0.3 is 18.9 Å². The third-order valence-electron chi connectivity index (χ3n) is 4.78. The zero-order chi connectivity index (χ0) is 19.3. The van der Waals surface area contributed by atoms with E-state index < -0.39 is 30.4 Å². The van der Waals surface area contributed by atoms with Gasteiger partial charge in [0.1, 0.15) is 17.4 Å². The maximum Gasteiger partial charge on any atom is 0.187 e. The van der Waals surface area contributed by atoms with Gasteiger partial charge in [0, 0.05) is 0 Å². The fraction of sp³-hybridized carbons (Fsp3) is 0.421. The maximum atomic E-state index is 6.16. The van der Waals surface area contributed by atoms with E-state index in [2.05, 4.69) is 15.3 Å². The molecule has 3 aromatic rings. The molecule has 0 amide bonds. The summed E-state index contributed by atoms with van der Waals surface area (Å²) in [6, 6.07) is 13.3. The number of fused-ring (bicyclic) bond motifs is 2. The van der Waals surface area contributed by atoms with E-state index in [4.69, 9.17) is 30.5 Å². The van der Waals surface area contributed by atoms with Crippen LogP contribution in [-0.4, -0.2) is 44.1 Å². The third kappa shape index (κ3) is 3.17. The van der Waals surface area contributed by atoms with Gasteiger partial charge in [-0.05, 0) is 31.5 Å². The second-order valence-electron chi connectivity index (χ2n) is 7.27. The zero-order valence-electron chi connectivity index (χ0n) is 15.4. The summed E-state index contributed by atoms with van der Waals surface area (Å²) in [5.74, 6) is -0.253. The summed E-state index contributed by atoms with van der Waals surface area (Å²) < 4.78 is 25.9. The van der Waals surface area contributed by atoms with Crippen LogP contribution in [0.4, 0.5) is 0 Å². The first-order valence-corrected chi connectivity index (χ1v) is 9.42. The molecule has 0 radical (unpaired) electrons. The molecule has 28 heavy (non-hydrogen) atoms. The molecule has 4 heterocycles. The molecule has 2 aromatic heterocycles. The van der Waals surface area contributed by atoms with E-state index in [9.17, 15) is 0 Å². The lowest BCUT2D eigenvalue weighted by Crippen LogP contribution is -2.31. The van der Waals surface area contributed by atoms with Crippen LogP contribution in [-0.2, 0) is 25.6 Å². The summed E-state index contributed by atoms with van der Waals surface area (Å²) in [6.07, 6.45) is -1.95. The van der Waals surface area contributed by atoms with Gasteiger partial charge in [0.05, 0.1) is 6.61 Å². The summed E-state index contributed by atoms with van der Waals surface area (Å²) in [6.45, 7) is 4.14. The molecule has 2 aliphatic heterocycles. The van der Waals surface area contributed by atoms with E-state index in [-0.39, 0.29) is 0 Å². The van der Waals surface area contributed by atoms with Gasteiger partial charge in [0.25, 0.3) is 0 Å². The van der Waals surface area contributed by atoms with Crippen LogP contribution in [0.3, 0.4) is 0 Å². The van der Waals surface area contributed by atoms with Crippen LogP contribution in [0.2, 0.25) is 5.15 Å². The molecule has 1 aromatic carbocycles. The van der Waals surface area contributed by atoms with Gasteiger partial charge in [-0.2, -0.15) is 9.61 Å². The SMILES string of the molecule is CC1(C)OC2C(O1)[C@@H](c1nnc3ccc(Cl)nn13)O[C@H]2OCc1ccccc1. The Bertz CT molecular complexity index is 996. The van der Waals surface area contributed by atoms with Gasteiger partial charge in [-0.15, -0.1) is 10.2 Å². The molecule has 0 aliphatic carbocycles. The predicted molar refractivity (Wildman–Crippen MR) is 98.5 cm³/mol. The summed E-state index contributed by atoms with van der Waals surface area (Å²) in [4.78, 5) is 0. The van der Waals surface area contributed by atoms with Gasteiger partial charge >= 0.3 is 0 Å². The smallest absolute Gasteiger partial charge is 0.187 e. The van der Waals surface area contributed by atoms with Crippen LogP contribution in [0.15, 0.2) is 42.5 Å². The minimum Gasteiger partial charge on any atom is -0.345 e. The Morgan fingerprint density at radius 3 is 2.68 bits per heavy atom. The van der Waals surface area contributed by atoms with Crippen LogP contribution in [0.25, 0.3) is 5.65 Å². The van der Waals surface area contributed by atoms with E-state index >= 15 is 0 Å². The number of hydrogen-bond acceptors (Lipinski definition) is 7. The molecule has 4 atom stereocenters. The first-order chi connectivity index (χ1) is 13.5. The lowest BCUT2D eigenvalue weighted by Gasteiger charge is -2.23. The summed E-state index contributed by atoms with van der Waals surface area (Å²) >= 11 is 6.05. The highest BCUT2D eigenvalue weighted by atomic mass is 35.5. The largest absolute Gasteiger partial charge is 0.345 e. The Balaban J connectivity index is 1.44. The fourth-order valence-corrected chi connectivity index (χ4v) is 3.75. The fourth-order valence-electron chi connectivity index (χ4n) is 3.62. The molecule has 9 heteroatoms. The molecule has 0 N–H and O–H groups in total. The molecule has 146 valence electrons. The molecule has 0 spiro atoms. The molecule has 2 unspecified atom stereocenters. The van der Waals surface area contributed by atoms with Crippen molar-refractivity contribution in [2.75, 3.05) is 0 Å². The topological polar surface area (TPSA) is 80.0 Å². The van der Waals surface area contributed by atoms with Crippen molar-refractivity contribution in [2.24, 2.45) is 0 Å². The highest BCUT2D eigenvalue weighted by Crippen LogP contribution is 2.45. The van der Waals surface area contributed by atoms with Crippen molar-refractivity contribution in [3.05, 3.63) is 59.0 Å². The standard InChI is InChI=1S/C19H19ClN4O4/c1-19(2)27-14-15(17-22-21-13-9-8-12(20)23-24(13)17)26-18(16(14)28-19)25-10-11-6-4-3-5-7-11/h3-9,14-16,18H,10H2,1-2H3/t14?,15-,16?,18+/m0/s1.